The fourth-order valence-corrected chi connectivity index (χ4v) is 2.73. The van der Waals surface area contributed by atoms with E-state index in [1.54, 1.807) is 4.90 Å². The van der Waals surface area contributed by atoms with Gasteiger partial charge in [0.25, 0.3) is 0 Å². The minimum Gasteiger partial charge on any atom is -0.394 e. The topological polar surface area (TPSA) is 123 Å². The number of imide groups is 1. The van der Waals surface area contributed by atoms with Crippen molar-refractivity contribution in [2.45, 2.75) is 37.1 Å². The first-order chi connectivity index (χ1) is 9.10. The number of carbonyl (C=O) groups is 2. The van der Waals surface area contributed by atoms with Crippen molar-refractivity contribution < 1.29 is 24.5 Å². The second kappa shape index (κ2) is 4.69. The molecule has 9 heteroatoms. The summed E-state index contributed by atoms with van der Waals surface area (Å²) in [7, 11) is 0. The molecular formula is C10H16N4O5. The fourth-order valence-electron chi connectivity index (χ4n) is 2.73. The molecule has 3 heterocycles. The third kappa shape index (κ3) is 2.09. The molecule has 0 radical (unpaired) electrons. The summed E-state index contributed by atoms with van der Waals surface area (Å²) >= 11 is 0. The van der Waals surface area contributed by atoms with E-state index in [-0.39, 0.29) is 12.5 Å². The van der Waals surface area contributed by atoms with Crippen molar-refractivity contribution in [2.75, 3.05) is 13.3 Å². The zero-order valence-electron chi connectivity index (χ0n) is 10.1. The van der Waals surface area contributed by atoms with Crippen LogP contribution in [0.5, 0.6) is 0 Å². The third-order valence-corrected chi connectivity index (χ3v) is 3.72. The van der Waals surface area contributed by atoms with Crippen molar-refractivity contribution in [3.63, 3.8) is 0 Å². The molecule has 2 unspecified atom stereocenters. The lowest BCUT2D eigenvalue weighted by molar-refractivity contribution is -0.125. The van der Waals surface area contributed by atoms with E-state index in [0.717, 1.165) is 0 Å². The summed E-state index contributed by atoms with van der Waals surface area (Å²) in [6, 6.07) is -1.08. The molecule has 106 valence electrons. The van der Waals surface area contributed by atoms with Gasteiger partial charge in [-0.3, -0.25) is 15.4 Å². The highest BCUT2D eigenvalue weighted by Crippen LogP contribution is 2.27. The van der Waals surface area contributed by atoms with Crippen LogP contribution in [0.25, 0.3) is 0 Å². The lowest BCUT2D eigenvalue weighted by atomic mass is 10.1. The zero-order valence-corrected chi connectivity index (χ0v) is 10.1. The van der Waals surface area contributed by atoms with Crippen LogP contribution in [0, 0.1) is 0 Å². The Kier molecular flexibility index (Phi) is 3.15. The van der Waals surface area contributed by atoms with E-state index >= 15 is 0 Å². The number of urea groups is 1. The summed E-state index contributed by atoms with van der Waals surface area (Å²) in [5, 5.41) is 26.6. The number of nitrogens with zero attached hydrogens (tertiary/aromatic N) is 1. The molecular weight excluding hydrogens is 256 g/mol. The second-order valence-corrected chi connectivity index (χ2v) is 4.88. The van der Waals surface area contributed by atoms with Crippen LogP contribution in [0.1, 0.15) is 6.42 Å². The minimum atomic E-state index is -0.748. The molecule has 0 aromatic heterocycles. The van der Waals surface area contributed by atoms with Crippen LogP contribution in [0.15, 0.2) is 0 Å². The molecule has 0 aliphatic carbocycles. The molecule has 9 nitrogen and oxygen atoms in total. The van der Waals surface area contributed by atoms with Gasteiger partial charge in [-0.2, -0.15) is 0 Å². The molecule has 3 aliphatic rings. The Bertz CT molecular complexity index is 405. The van der Waals surface area contributed by atoms with Gasteiger partial charge in [0.05, 0.1) is 19.4 Å². The van der Waals surface area contributed by atoms with Gasteiger partial charge in [0.2, 0.25) is 5.91 Å². The van der Waals surface area contributed by atoms with Crippen molar-refractivity contribution in [1.82, 2.24) is 20.9 Å². The second-order valence-electron chi connectivity index (χ2n) is 4.88. The van der Waals surface area contributed by atoms with E-state index in [0.29, 0.717) is 13.1 Å². The fraction of sp³-hybridized carbons (Fsp3) is 0.800. The van der Waals surface area contributed by atoms with Crippen LogP contribution in [0.3, 0.4) is 0 Å². The van der Waals surface area contributed by atoms with E-state index < -0.39 is 36.7 Å². The zero-order chi connectivity index (χ0) is 13.6. The van der Waals surface area contributed by atoms with Crippen molar-refractivity contribution in [1.29, 1.82) is 0 Å². The maximum Gasteiger partial charge on any atom is 0.322 e. The quantitative estimate of drug-likeness (QED) is 0.360. The Morgan fingerprint density at radius 2 is 2.21 bits per heavy atom. The van der Waals surface area contributed by atoms with Crippen molar-refractivity contribution in [3.8, 4) is 0 Å². The Labute approximate surface area is 108 Å². The maximum atomic E-state index is 11.6. The van der Waals surface area contributed by atoms with Crippen LogP contribution >= 0.6 is 0 Å². The lowest BCUT2D eigenvalue weighted by Gasteiger charge is -2.33. The Balaban J connectivity index is 1.73. The van der Waals surface area contributed by atoms with Crippen LogP contribution in [0.4, 0.5) is 4.79 Å². The average molecular weight is 272 g/mol. The SMILES string of the molecule is O=C1NC(=O)C2NCN([C@H]3C[C@H](O)[C@@H](CO)O3)C2N1. The number of fused-ring (bicyclic) bond motifs is 1. The summed E-state index contributed by atoms with van der Waals surface area (Å²) in [5.41, 5.74) is 0. The molecule has 0 aromatic carbocycles. The molecule has 5 N–H and O–H groups in total. The monoisotopic (exact) mass is 272 g/mol. The number of aliphatic hydroxyl groups excluding tert-OH is 2. The third-order valence-electron chi connectivity index (χ3n) is 3.72. The molecule has 0 bridgehead atoms. The van der Waals surface area contributed by atoms with Gasteiger partial charge >= 0.3 is 6.03 Å². The smallest absolute Gasteiger partial charge is 0.322 e. The van der Waals surface area contributed by atoms with Gasteiger partial charge < -0.3 is 20.3 Å². The van der Waals surface area contributed by atoms with Crippen molar-refractivity contribution in [2.24, 2.45) is 0 Å². The predicted octanol–water partition coefficient (Wildman–Crippen LogP) is -3.15. The molecule has 0 saturated carbocycles. The number of hydrogen-bond donors (Lipinski definition) is 5. The predicted molar refractivity (Wildman–Crippen MR) is 60.5 cm³/mol. The van der Waals surface area contributed by atoms with Gasteiger partial charge in [-0.05, 0) is 0 Å². The van der Waals surface area contributed by atoms with Gasteiger partial charge in [0, 0.05) is 6.42 Å². The molecule has 3 saturated heterocycles. The largest absolute Gasteiger partial charge is 0.394 e. The van der Waals surface area contributed by atoms with E-state index in [1.807, 2.05) is 0 Å². The normalized spacial score (nSPS) is 42.9. The van der Waals surface area contributed by atoms with E-state index in [9.17, 15) is 14.7 Å². The van der Waals surface area contributed by atoms with Crippen LogP contribution in [-0.4, -0.2) is 71.0 Å². The van der Waals surface area contributed by atoms with Gasteiger partial charge in [-0.1, -0.05) is 0 Å². The van der Waals surface area contributed by atoms with Gasteiger partial charge in [0.15, 0.2) is 0 Å². The molecule has 3 rings (SSSR count). The van der Waals surface area contributed by atoms with E-state index in [1.165, 1.54) is 0 Å². The number of carbonyl (C=O) groups excluding carboxylic acids is 2. The highest BCUT2D eigenvalue weighted by Gasteiger charge is 2.49. The first-order valence-corrected chi connectivity index (χ1v) is 6.15. The molecule has 0 aromatic rings. The van der Waals surface area contributed by atoms with E-state index in [4.69, 9.17) is 9.84 Å². The minimum absolute atomic E-state index is 0.264. The number of amides is 3. The Morgan fingerprint density at radius 1 is 1.42 bits per heavy atom. The molecule has 5 atom stereocenters. The van der Waals surface area contributed by atoms with Crippen LogP contribution in [-0.2, 0) is 9.53 Å². The van der Waals surface area contributed by atoms with Gasteiger partial charge in [-0.15, -0.1) is 0 Å². The number of nitrogens with one attached hydrogen (secondary N) is 3. The molecule has 19 heavy (non-hydrogen) atoms. The summed E-state index contributed by atoms with van der Waals surface area (Å²) in [6.45, 7) is 0.0957. The standard InChI is InChI=1S/C10H16N4O5/c15-2-5-4(16)1-6(19-5)14-3-11-7-8(14)12-10(18)13-9(7)17/h4-8,11,15-16H,1-3H2,(H2,12,13,17,18)/t4-,5+,6+,7?,8?/m0/s1. The Hall–Kier alpha value is -1.26. The first-order valence-electron chi connectivity index (χ1n) is 6.15. The number of rotatable bonds is 2. The lowest BCUT2D eigenvalue weighted by Crippen LogP contribution is -2.65. The van der Waals surface area contributed by atoms with Gasteiger partial charge in [-0.25, -0.2) is 9.69 Å². The van der Waals surface area contributed by atoms with E-state index in [2.05, 4.69) is 16.0 Å². The van der Waals surface area contributed by atoms with Gasteiger partial charge in [0.1, 0.15) is 24.5 Å². The van der Waals surface area contributed by atoms with Crippen LogP contribution < -0.4 is 16.0 Å². The average Bonchev–Trinajstić information content (AvgIpc) is 2.92. The van der Waals surface area contributed by atoms with Crippen molar-refractivity contribution in [3.05, 3.63) is 0 Å². The summed E-state index contributed by atoms with van der Waals surface area (Å²) in [5.74, 6) is -0.381. The highest BCUT2D eigenvalue weighted by atomic mass is 16.5. The number of aliphatic hydroxyl groups is 2. The Morgan fingerprint density at radius 3 is 2.89 bits per heavy atom. The summed E-state index contributed by atoms with van der Waals surface area (Å²) < 4.78 is 5.53. The maximum absolute atomic E-state index is 11.6. The highest BCUT2D eigenvalue weighted by molar-refractivity contribution is 6.00. The molecule has 3 amide bonds. The number of ether oxygens (including phenoxy) is 1. The summed E-state index contributed by atoms with van der Waals surface area (Å²) in [6.07, 6.45) is -2.00. The summed E-state index contributed by atoms with van der Waals surface area (Å²) in [4.78, 5) is 24.7. The molecule has 3 fully saturated rings. The molecule has 3 aliphatic heterocycles. The van der Waals surface area contributed by atoms with Crippen molar-refractivity contribution >= 4 is 11.9 Å². The molecule has 0 spiro atoms. The first kappa shape index (κ1) is 12.8. The number of hydrogen-bond acceptors (Lipinski definition) is 7. The van der Waals surface area contributed by atoms with Crippen LogP contribution in [0.2, 0.25) is 0 Å².